The van der Waals surface area contributed by atoms with Gasteiger partial charge in [0.1, 0.15) is 11.7 Å². The summed E-state index contributed by atoms with van der Waals surface area (Å²) in [5, 5.41) is 22.3. The van der Waals surface area contributed by atoms with Gasteiger partial charge in [-0.2, -0.15) is 0 Å². The highest BCUT2D eigenvalue weighted by Crippen LogP contribution is 2.25. The molecule has 2 aliphatic rings. The fourth-order valence-corrected chi connectivity index (χ4v) is 4.22. The van der Waals surface area contributed by atoms with E-state index in [-0.39, 0.29) is 18.9 Å². The van der Waals surface area contributed by atoms with Crippen molar-refractivity contribution in [3.05, 3.63) is 34.9 Å². The number of amides is 1. The summed E-state index contributed by atoms with van der Waals surface area (Å²) in [6, 6.07) is 7.76. The topological polar surface area (TPSA) is 67.2 Å². The van der Waals surface area contributed by atoms with Gasteiger partial charge in [-0.1, -0.05) is 23.7 Å². The van der Waals surface area contributed by atoms with Crippen molar-refractivity contribution in [2.45, 2.75) is 44.4 Å². The molecule has 2 atom stereocenters. The Morgan fingerprint density at radius 2 is 1.82 bits per heavy atom. The quantitative estimate of drug-likeness (QED) is 0.765. The van der Waals surface area contributed by atoms with E-state index in [9.17, 15) is 15.0 Å². The Kier molecular flexibility index (Phi) is 6.99. The summed E-state index contributed by atoms with van der Waals surface area (Å²) in [5.74, 6) is -0.0334. The first kappa shape index (κ1) is 21.5. The smallest absolute Gasteiger partial charge is 0.227 e. The number of β-amino-alcohol motifs (C(OH)–C–C–N with tert-alkyl or cyclic N) is 2. The summed E-state index contributed by atoms with van der Waals surface area (Å²) in [5.41, 5.74) is -0.260. The van der Waals surface area contributed by atoms with Crippen molar-refractivity contribution < 1.29 is 15.0 Å². The molecule has 0 unspecified atom stereocenters. The first-order valence-electron chi connectivity index (χ1n) is 10.2. The second-order valence-corrected chi connectivity index (χ2v) is 8.85. The van der Waals surface area contributed by atoms with Crippen LogP contribution in [0.25, 0.3) is 0 Å². The molecule has 1 aromatic carbocycles. The van der Waals surface area contributed by atoms with Gasteiger partial charge in [0.25, 0.3) is 0 Å². The highest BCUT2D eigenvalue weighted by atomic mass is 35.5. The number of aliphatic hydroxyl groups excluding tert-OH is 1. The number of rotatable bonds is 5. The summed E-state index contributed by atoms with van der Waals surface area (Å²) in [6.07, 6.45) is -0.261. The molecule has 2 aliphatic heterocycles. The molecule has 2 heterocycles. The van der Waals surface area contributed by atoms with Crippen LogP contribution < -0.4 is 0 Å². The van der Waals surface area contributed by atoms with Crippen LogP contribution in [0.1, 0.15) is 25.8 Å². The monoisotopic (exact) mass is 409 g/mol. The highest BCUT2D eigenvalue weighted by molar-refractivity contribution is 6.30. The third-order valence-corrected chi connectivity index (χ3v) is 6.34. The number of halogens is 1. The standard InChI is InChI=1S/C21H32ClN3O3/c1-16(2)24-11-9-23(10-12-24)15-21(28)7-8-25(14-19(21)26)20(27)13-17-3-5-18(22)6-4-17/h3-6,16,19,26,28H,7-15H2,1-2H3/t19-,21-/m0/s1. The van der Waals surface area contributed by atoms with E-state index in [4.69, 9.17) is 11.6 Å². The molecule has 0 saturated carbocycles. The SMILES string of the molecule is CC(C)N1CCN(C[C@@]2(O)CCN(C(=O)Cc3ccc(Cl)cc3)C[C@@H]2O)CC1. The van der Waals surface area contributed by atoms with E-state index in [2.05, 4.69) is 23.6 Å². The number of benzene rings is 1. The Labute approximate surface area is 172 Å². The minimum Gasteiger partial charge on any atom is -0.388 e. The predicted octanol–water partition coefficient (Wildman–Crippen LogP) is 1.23. The first-order chi connectivity index (χ1) is 13.3. The van der Waals surface area contributed by atoms with Gasteiger partial charge in [-0.15, -0.1) is 0 Å². The fourth-order valence-electron chi connectivity index (χ4n) is 4.09. The van der Waals surface area contributed by atoms with Gasteiger partial charge in [0.15, 0.2) is 0 Å². The van der Waals surface area contributed by atoms with Gasteiger partial charge >= 0.3 is 0 Å². The molecule has 0 aromatic heterocycles. The average molecular weight is 410 g/mol. The Morgan fingerprint density at radius 3 is 2.39 bits per heavy atom. The van der Waals surface area contributed by atoms with Crippen LogP contribution in [0.5, 0.6) is 0 Å². The number of likely N-dealkylation sites (tertiary alicyclic amines) is 1. The van der Waals surface area contributed by atoms with Gasteiger partial charge in [0.05, 0.1) is 6.42 Å². The van der Waals surface area contributed by atoms with Gasteiger partial charge < -0.3 is 15.1 Å². The van der Waals surface area contributed by atoms with Crippen LogP contribution in [0.15, 0.2) is 24.3 Å². The zero-order chi connectivity index (χ0) is 20.3. The second-order valence-electron chi connectivity index (χ2n) is 8.42. The Morgan fingerprint density at radius 1 is 1.18 bits per heavy atom. The molecular weight excluding hydrogens is 378 g/mol. The lowest BCUT2D eigenvalue weighted by molar-refractivity contribution is -0.154. The molecule has 1 amide bonds. The van der Waals surface area contributed by atoms with Crippen molar-refractivity contribution in [3.8, 4) is 0 Å². The minimum absolute atomic E-state index is 0.0334. The van der Waals surface area contributed by atoms with Gasteiger partial charge in [-0.3, -0.25) is 14.6 Å². The van der Waals surface area contributed by atoms with E-state index in [0.717, 1.165) is 31.7 Å². The summed E-state index contributed by atoms with van der Waals surface area (Å²) in [6.45, 7) is 9.25. The summed E-state index contributed by atoms with van der Waals surface area (Å²) < 4.78 is 0. The van der Waals surface area contributed by atoms with Gasteiger partial charge in [-0.05, 0) is 38.0 Å². The number of hydrogen-bond donors (Lipinski definition) is 2. The van der Waals surface area contributed by atoms with E-state index >= 15 is 0 Å². The van der Waals surface area contributed by atoms with E-state index < -0.39 is 11.7 Å². The molecular formula is C21H32ClN3O3. The van der Waals surface area contributed by atoms with E-state index in [1.54, 1.807) is 17.0 Å². The summed E-state index contributed by atoms with van der Waals surface area (Å²) in [7, 11) is 0. The van der Waals surface area contributed by atoms with Crippen LogP contribution in [0.4, 0.5) is 0 Å². The van der Waals surface area contributed by atoms with Crippen molar-refractivity contribution in [1.82, 2.24) is 14.7 Å². The Hall–Kier alpha value is -1.18. The van der Waals surface area contributed by atoms with Gasteiger partial charge in [0.2, 0.25) is 5.91 Å². The van der Waals surface area contributed by atoms with Crippen LogP contribution in [0.2, 0.25) is 5.02 Å². The number of carbonyl (C=O) groups excluding carboxylic acids is 1. The van der Waals surface area contributed by atoms with E-state index in [1.807, 2.05) is 12.1 Å². The number of nitrogens with zero attached hydrogens (tertiary/aromatic N) is 3. The number of hydrogen-bond acceptors (Lipinski definition) is 5. The second kappa shape index (κ2) is 9.09. The predicted molar refractivity (Wildman–Crippen MR) is 110 cm³/mol. The van der Waals surface area contributed by atoms with Crippen LogP contribution in [0.3, 0.4) is 0 Å². The Balaban J connectivity index is 1.51. The largest absolute Gasteiger partial charge is 0.388 e. The van der Waals surface area contributed by atoms with Gasteiger partial charge in [0, 0.05) is 56.9 Å². The lowest BCUT2D eigenvalue weighted by atomic mass is 9.87. The van der Waals surface area contributed by atoms with Crippen molar-refractivity contribution in [3.63, 3.8) is 0 Å². The molecule has 28 heavy (non-hydrogen) atoms. The van der Waals surface area contributed by atoms with E-state index in [1.165, 1.54) is 0 Å². The zero-order valence-corrected chi connectivity index (χ0v) is 17.6. The third-order valence-electron chi connectivity index (χ3n) is 6.08. The van der Waals surface area contributed by atoms with Crippen LogP contribution in [-0.4, -0.2) is 94.4 Å². The van der Waals surface area contributed by atoms with E-state index in [0.29, 0.717) is 30.6 Å². The molecule has 0 spiro atoms. The number of piperidine rings is 1. The molecule has 0 bridgehead atoms. The minimum atomic E-state index is -1.16. The lowest BCUT2D eigenvalue weighted by Gasteiger charge is -2.46. The first-order valence-corrected chi connectivity index (χ1v) is 10.5. The van der Waals surface area contributed by atoms with Crippen molar-refractivity contribution in [2.75, 3.05) is 45.8 Å². The molecule has 2 N–H and O–H groups in total. The fraction of sp³-hybridized carbons (Fsp3) is 0.667. The molecule has 3 rings (SSSR count). The molecule has 6 nitrogen and oxygen atoms in total. The molecule has 2 saturated heterocycles. The van der Waals surface area contributed by atoms with Crippen molar-refractivity contribution in [2.24, 2.45) is 0 Å². The molecule has 0 aliphatic carbocycles. The number of carbonyl (C=O) groups is 1. The highest BCUT2D eigenvalue weighted by Gasteiger charge is 2.43. The molecule has 0 radical (unpaired) electrons. The van der Waals surface area contributed by atoms with Crippen molar-refractivity contribution in [1.29, 1.82) is 0 Å². The maximum Gasteiger partial charge on any atom is 0.227 e. The lowest BCUT2D eigenvalue weighted by Crippen LogP contribution is -2.63. The maximum atomic E-state index is 12.6. The third kappa shape index (κ3) is 5.24. The van der Waals surface area contributed by atoms with Crippen molar-refractivity contribution >= 4 is 17.5 Å². The Bertz CT molecular complexity index is 661. The van der Waals surface area contributed by atoms with Crippen LogP contribution in [0, 0.1) is 0 Å². The number of piperazine rings is 1. The summed E-state index contributed by atoms with van der Waals surface area (Å²) in [4.78, 5) is 18.9. The van der Waals surface area contributed by atoms with Crippen LogP contribution in [-0.2, 0) is 11.2 Å². The normalized spacial score (nSPS) is 27.4. The number of aliphatic hydroxyl groups is 2. The molecule has 1 aromatic rings. The van der Waals surface area contributed by atoms with Crippen LogP contribution >= 0.6 is 11.6 Å². The molecule has 2 fully saturated rings. The summed E-state index contributed by atoms with van der Waals surface area (Å²) >= 11 is 5.89. The molecule has 156 valence electrons. The van der Waals surface area contributed by atoms with Gasteiger partial charge in [-0.25, -0.2) is 0 Å². The zero-order valence-electron chi connectivity index (χ0n) is 16.9. The maximum absolute atomic E-state index is 12.6. The average Bonchev–Trinajstić information content (AvgIpc) is 2.66. The molecule has 7 heteroatoms.